The summed E-state index contributed by atoms with van der Waals surface area (Å²) in [6.07, 6.45) is 40.9. The summed E-state index contributed by atoms with van der Waals surface area (Å²) in [4.78, 5) is 13.2. The second kappa shape index (κ2) is 44.5. The van der Waals surface area contributed by atoms with Crippen molar-refractivity contribution in [2.45, 2.75) is 274 Å². The number of ether oxygens (including phenoxy) is 4. The molecule has 0 spiro atoms. The summed E-state index contributed by atoms with van der Waals surface area (Å²) in [6, 6.07) is -0.948. The van der Waals surface area contributed by atoms with Gasteiger partial charge < -0.3 is 65.1 Å². The van der Waals surface area contributed by atoms with Crippen molar-refractivity contribution >= 4 is 5.91 Å². The number of carbonyl (C=O) groups excluding carboxylic acids is 1. The summed E-state index contributed by atoms with van der Waals surface area (Å²) in [5.41, 5.74) is 0. The Hall–Kier alpha value is -2.57. The molecule has 14 heteroatoms. The SMILES string of the molecule is CC/C=C\C/C=C\C/C=C\C/C=C\C/C=C\CCCC(=O)NC(COC1OC(CO)C(OC2OC(CO)C(O)C(O)C2O)C(O)C1O)C(O)/C=C/CCCCCCCCCCCCCCCCCCCCCC. The van der Waals surface area contributed by atoms with Gasteiger partial charge in [0.05, 0.1) is 32.0 Å². The van der Waals surface area contributed by atoms with E-state index in [0.29, 0.717) is 12.8 Å². The summed E-state index contributed by atoms with van der Waals surface area (Å²) in [6.45, 7) is 2.64. The Morgan fingerprint density at radius 1 is 0.507 bits per heavy atom. The Bertz CT molecular complexity index is 1500. The molecule has 0 saturated carbocycles. The van der Waals surface area contributed by atoms with E-state index in [9.17, 15) is 45.6 Å². The summed E-state index contributed by atoms with van der Waals surface area (Å²) in [7, 11) is 0. The van der Waals surface area contributed by atoms with E-state index in [2.05, 4.69) is 73.8 Å². The largest absolute Gasteiger partial charge is 0.394 e. The van der Waals surface area contributed by atoms with Gasteiger partial charge in [0.2, 0.25) is 5.91 Å². The maximum atomic E-state index is 13.2. The van der Waals surface area contributed by atoms with E-state index in [4.69, 9.17) is 18.9 Å². The number of unbranched alkanes of at least 4 members (excludes halogenated alkanes) is 21. The Kier molecular flexibility index (Phi) is 40.6. The van der Waals surface area contributed by atoms with Gasteiger partial charge in [0, 0.05) is 6.42 Å². The van der Waals surface area contributed by atoms with Crippen molar-refractivity contribution in [2.24, 2.45) is 0 Å². The molecule has 12 atom stereocenters. The van der Waals surface area contributed by atoms with Crippen molar-refractivity contribution in [2.75, 3.05) is 19.8 Å². The van der Waals surface area contributed by atoms with Crippen LogP contribution in [-0.4, -0.2) is 140 Å². The van der Waals surface area contributed by atoms with E-state index in [1.807, 2.05) is 12.2 Å². The molecule has 0 aromatic carbocycles. The van der Waals surface area contributed by atoms with Gasteiger partial charge >= 0.3 is 0 Å². The summed E-state index contributed by atoms with van der Waals surface area (Å²) in [5, 5.41) is 87.0. The number of amides is 1. The fraction of sp³-hybridized carbons (Fsp3) is 0.780. The molecule has 2 aliphatic heterocycles. The number of rotatable bonds is 44. The Morgan fingerprint density at radius 2 is 0.945 bits per heavy atom. The van der Waals surface area contributed by atoms with Crippen LogP contribution in [-0.2, 0) is 23.7 Å². The van der Waals surface area contributed by atoms with Crippen LogP contribution >= 0.6 is 0 Å². The van der Waals surface area contributed by atoms with Crippen molar-refractivity contribution in [3.8, 4) is 0 Å². The normalized spacial score (nSPS) is 25.9. The third-order valence-electron chi connectivity index (χ3n) is 13.6. The number of allylic oxidation sites excluding steroid dienone is 11. The number of hydrogen-bond acceptors (Lipinski definition) is 13. The van der Waals surface area contributed by atoms with Gasteiger partial charge in [-0.1, -0.05) is 209 Å². The molecule has 2 fully saturated rings. The topological polar surface area (TPSA) is 228 Å². The van der Waals surface area contributed by atoms with Gasteiger partial charge in [0.15, 0.2) is 12.6 Å². The predicted octanol–water partition coefficient (Wildman–Crippen LogP) is 9.16. The number of aliphatic hydroxyl groups excluding tert-OH is 8. The lowest BCUT2D eigenvalue weighted by molar-refractivity contribution is -0.359. The first kappa shape index (κ1) is 66.5. The van der Waals surface area contributed by atoms with Crippen LogP contribution in [0.3, 0.4) is 0 Å². The van der Waals surface area contributed by atoms with Crippen LogP contribution < -0.4 is 5.32 Å². The molecule has 0 aromatic rings. The minimum atomic E-state index is -1.80. The number of aliphatic hydroxyl groups is 8. The highest BCUT2D eigenvalue weighted by Crippen LogP contribution is 2.30. The second-order valence-corrected chi connectivity index (χ2v) is 20.0. The first-order valence-electron chi connectivity index (χ1n) is 28.7. The molecule has 0 aromatic heterocycles. The number of hydrogen-bond donors (Lipinski definition) is 9. The lowest BCUT2D eigenvalue weighted by Crippen LogP contribution is -2.65. The zero-order valence-corrected chi connectivity index (χ0v) is 45.1. The maximum Gasteiger partial charge on any atom is 0.220 e. The lowest BCUT2D eigenvalue weighted by Gasteiger charge is -2.46. The molecule has 2 rings (SSSR count). The zero-order valence-electron chi connectivity index (χ0n) is 45.1. The molecular formula is C59H103NO13. The average Bonchev–Trinajstić information content (AvgIpc) is 3.39. The highest BCUT2D eigenvalue weighted by Gasteiger charge is 2.51. The van der Waals surface area contributed by atoms with Crippen molar-refractivity contribution in [1.29, 1.82) is 0 Å². The molecule has 0 radical (unpaired) electrons. The lowest BCUT2D eigenvalue weighted by atomic mass is 9.97. The van der Waals surface area contributed by atoms with Crippen LogP contribution in [0.4, 0.5) is 0 Å². The predicted molar refractivity (Wildman–Crippen MR) is 290 cm³/mol. The van der Waals surface area contributed by atoms with Crippen LogP contribution in [0.2, 0.25) is 0 Å². The fourth-order valence-corrected chi connectivity index (χ4v) is 9.03. The Balaban J connectivity index is 1.81. The standard InChI is InChI=1S/C59H103NO13/c1-3-5-7-9-11-13-15-17-19-21-22-23-24-25-27-28-30-32-34-36-38-40-42-48(63)47(60-51(64)43-41-39-37-35-33-31-29-26-20-18-16-14-12-10-8-6-4-2)46-70-58-56(69)54(67)57(50(45-62)72-58)73-59-55(68)53(66)52(65)49(44-61)71-59/h6,8,12,14,18,20,29,31,35,37,40,42,47-50,52-59,61-63,65-69H,3-5,7,9-11,13,15-17,19,21-28,30,32-34,36,38-39,41,43-46H2,1-2H3,(H,60,64)/b8-6-,14-12-,20-18-,31-29-,37-35-,42-40+. The smallest absolute Gasteiger partial charge is 0.220 e. The van der Waals surface area contributed by atoms with Crippen molar-refractivity contribution in [1.82, 2.24) is 5.32 Å². The minimum absolute atomic E-state index is 0.200. The molecule has 73 heavy (non-hydrogen) atoms. The van der Waals surface area contributed by atoms with Gasteiger partial charge in [-0.3, -0.25) is 4.79 Å². The van der Waals surface area contributed by atoms with Gasteiger partial charge in [-0.2, -0.15) is 0 Å². The average molecular weight is 1030 g/mol. The van der Waals surface area contributed by atoms with E-state index in [0.717, 1.165) is 51.4 Å². The van der Waals surface area contributed by atoms with Crippen molar-refractivity contribution in [3.05, 3.63) is 72.9 Å². The van der Waals surface area contributed by atoms with Gasteiger partial charge in [0.25, 0.3) is 0 Å². The fourth-order valence-electron chi connectivity index (χ4n) is 9.03. The molecule has 1 amide bonds. The molecule has 0 aliphatic carbocycles. The summed E-state index contributed by atoms with van der Waals surface area (Å²) >= 11 is 0. The number of nitrogens with one attached hydrogen (secondary N) is 1. The monoisotopic (exact) mass is 1030 g/mol. The number of carbonyl (C=O) groups is 1. The van der Waals surface area contributed by atoms with Gasteiger partial charge in [-0.25, -0.2) is 0 Å². The van der Waals surface area contributed by atoms with E-state index in [-0.39, 0.29) is 18.9 Å². The second-order valence-electron chi connectivity index (χ2n) is 20.0. The van der Waals surface area contributed by atoms with Crippen LogP contribution in [0.1, 0.15) is 200 Å². The Labute approximate surface area is 440 Å². The summed E-state index contributed by atoms with van der Waals surface area (Å²) in [5.74, 6) is -0.297. The van der Waals surface area contributed by atoms with E-state index < -0.39 is 86.8 Å². The van der Waals surface area contributed by atoms with Crippen molar-refractivity contribution in [3.63, 3.8) is 0 Å². The molecule has 12 unspecified atom stereocenters. The molecule has 0 bridgehead atoms. The van der Waals surface area contributed by atoms with E-state index in [1.165, 1.54) is 116 Å². The highest BCUT2D eigenvalue weighted by atomic mass is 16.7. The molecular weight excluding hydrogens is 931 g/mol. The minimum Gasteiger partial charge on any atom is -0.394 e. The Morgan fingerprint density at radius 3 is 1.44 bits per heavy atom. The van der Waals surface area contributed by atoms with E-state index >= 15 is 0 Å². The highest BCUT2D eigenvalue weighted by molar-refractivity contribution is 5.76. The van der Waals surface area contributed by atoms with Crippen LogP contribution in [0.15, 0.2) is 72.9 Å². The first-order valence-corrected chi connectivity index (χ1v) is 28.7. The first-order chi connectivity index (χ1) is 35.6. The quantitative estimate of drug-likeness (QED) is 0.0205. The molecule has 2 aliphatic rings. The summed E-state index contributed by atoms with van der Waals surface area (Å²) < 4.78 is 22.7. The molecule has 14 nitrogen and oxygen atoms in total. The molecule has 2 saturated heterocycles. The van der Waals surface area contributed by atoms with Crippen LogP contribution in [0.25, 0.3) is 0 Å². The van der Waals surface area contributed by atoms with Crippen molar-refractivity contribution < 1.29 is 64.6 Å². The molecule has 422 valence electrons. The van der Waals surface area contributed by atoms with Crippen LogP contribution in [0.5, 0.6) is 0 Å². The third-order valence-corrected chi connectivity index (χ3v) is 13.6. The van der Waals surface area contributed by atoms with Gasteiger partial charge in [0.1, 0.15) is 48.8 Å². The van der Waals surface area contributed by atoms with Crippen LogP contribution in [0, 0.1) is 0 Å². The molecule has 2 heterocycles. The van der Waals surface area contributed by atoms with E-state index in [1.54, 1.807) is 6.08 Å². The van der Waals surface area contributed by atoms with Gasteiger partial charge in [-0.15, -0.1) is 0 Å². The maximum absolute atomic E-state index is 13.2. The molecule has 9 N–H and O–H groups in total. The zero-order chi connectivity index (χ0) is 53.2. The van der Waals surface area contributed by atoms with Gasteiger partial charge in [-0.05, 0) is 57.8 Å². The third kappa shape index (κ3) is 30.7.